The average Bonchev–Trinajstić information content (AvgIpc) is 2.61. The molecule has 1 aliphatic carbocycles. The van der Waals surface area contributed by atoms with E-state index >= 15 is 0 Å². The van der Waals surface area contributed by atoms with Gasteiger partial charge in [0.2, 0.25) is 0 Å². The predicted molar refractivity (Wildman–Crippen MR) is 65.2 cm³/mol. The molecule has 5 heteroatoms. The van der Waals surface area contributed by atoms with Crippen LogP contribution >= 0.6 is 15.9 Å². The van der Waals surface area contributed by atoms with Gasteiger partial charge in [-0.15, -0.1) is 10.2 Å². The van der Waals surface area contributed by atoms with E-state index < -0.39 is 0 Å². The standard InChI is InChI=1S/C11H13BrN4/c12-9-5-2-6-10-14-15-11(16(9)10)7-13-8-3-1-4-8/h2,5-6,8,13H,1,3-4,7H2. The van der Waals surface area contributed by atoms with E-state index in [9.17, 15) is 0 Å². The Bertz CT molecular complexity index is 504. The highest BCUT2D eigenvalue weighted by Crippen LogP contribution is 2.19. The summed E-state index contributed by atoms with van der Waals surface area (Å²) < 4.78 is 3.03. The van der Waals surface area contributed by atoms with Crippen molar-refractivity contribution in [1.82, 2.24) is 19.9 Å². The molecule has 0 aliphatic heterocycles. The maximum absolute atomic E-state index is 4.21. The monoisotopic (exact) mass is 280 g/mol. The van der Waals surface area contributed by atoms with Crippen LogP contribution in [0.4, 0.5) is 0 Å². The minimum Gasteiger partial charge on any atom is -0.307 e. The second-order valence-corrected chi connectivity index (χ2v) is 4.98. The van der Waals surface area contributed by atoms with Crippen LogP contribution in [0.25, 0.3) is 5.65 Å². The molecular weight excluding hydrogens is 268 g/mol. The number of nitrogens with one attached hydrogen (secondary N) is 1. The summed E-state index contributed by atoms with van der Waals surface area (Å²) in [5.41, 5.74) is 0.889. The van der Waals surface area contributed by atoms with Crippen LogP contribution in [0, 0.1) is 0 Å². The molecule has 16 heavy (non-hydrogen) atoms. The minimum absolute atomic E-state index is 0.676. The molecule has 1 N–H and O–H groups in total. The number of nitrogens with zero attached hydrogens (tertiary/aromatic N) is 3. The van der Waals surface area contributed by atoms with E-state index in [-0.39, 0.29) is 0 Å². The fourth-order valence-electron chi connectivity index (χ4n) is 1.92. The van der Waals surface area contributed by atoms with E-state index in [2.05, 4.69) is 31.4 Å². The first-order chi connectivity index (χ1) is 7.84. The zero-order chi connectivity index (χ0) is 11.0. The van der Waals surface area contributed by atoms with E-state index in [0.29, 0.717) is 6.04 Å². The lowest BCUT2D eigenvalue weighted by atomic mass is 9.93. The molecule has 0 aromatic carbocycles. The molecule has 4 nitrogen and oxygen atoms in total. The highest BCUT2D eigenvalue weighted by atomic mass is 79.9. The zero-order valence-corrected chi connectivity index (χ0v) is 10.4. The lowest BCUT2D eigenvalue weighted by Crippen LogP contribution is -2.35. The lowest BCUT2D eigenvalue weighted by molar-refractivity contribution is 0.335. The predicted octanol–water partition coefficient (Wildman–Crippen LogP) is 2.13. The molecule has 1 aliphatic rings. The molecule has 2 aromatic heterocycles. The maximum Gasteiger partial charge on any atom is 0.161 e. The fraction of sp³-hybridized carbons (Fsp3) is 0.455. The van der Waals surface area contributed by atoms with Gasteiger partial charge in [0.15, 0.2) is 11.5 Å². The molecule has 2 aromatic rings. The molecule has 0 spiro atoms. The van der Waals surface area contributed by atoms with Crippen LogP contribution in [0.3, 0.4) is 0 Å². The molecular formula is C11H13BrN4. The molecule has 0 saturated heterocycles. The third kappa shape index (κ3) is 1.74. The molecule has 0 bridgehead atoms. The van der Waals surface area contributed by atoms with Crippen LogP contribution in [-0.2, 0) is 6.54 Å². The summed E-state index contributed by atoms with van der Waals surface area (Å²) in [6.07, 6.45) is 3.93. The van der Waals surface area contributed by atoms with Crippen molar-refractivity contribution < 1.29 is 0 Å². The van der Waals surface area contributed by atoms with E-state index in [0.717, 1.165) is 22.6 Å². The smallest absolute Gasteiger partial charge is 0.161 e. The van der Waals surface area contributed by atoms with E-state index in [1.807, 2.05) is 22.6 Å². The second kappa shape index (κ2) is 4.14. The van der Waals surface area contributed by atoms with Crippen molar-refractivity contribution in [1.29, 1.82) is 0 Å². The summed E-state index contributed by atoms with van der Waals surface area (Å²) in [4.78, 5) is 0. The van der Waals surface area contributed by atoms with Gasteiger partial charge in [0.1, 0.15) is 0 Å². The number of rotatable bonds is 3. The molecule has 0 atom stereocenters. The van der Waals surface area contributed by atoms with Crippen molar-refractivity contribution in [2.24, 2.45) is 0 Å². The van der Waals surface area contributed by atoms with Gasteiger partial charge in [0.25, 0.3) is 0 Å². The van der Waals surface area contributed by atoms with Crippen LogP contribution in [0.5, 0.6) is 0 Å². The van der Waals surface area contributed by atoms with Crippen molar-refractivity contribution in [3.63, 3.8) is 0 Å². The summed E-state index contributed by atoms with van der Waals surface area (Å²) in [5, 5.41) is 11.8. The number of hydrogen-bond donors (Lipinski definition) is 1. The van der Waals surface area contributed by atoms with Crippen molar-refractivity contribution >= 4 is 21.6 Å². The summed E-state index contributed by atoms with van der Waals surface area (Å²) in [6, 6.07) is 6.61. The van der Waals surface area contributed by atoms with Crippen LogP contribution in [-0.4, -0.2) is 20.6 Å². The Morgan fingerprint density at radius 2 is 2.25 bits per heavy atom. The Morgan fingerprint density at radius 1 is 1.38 bits per heavy atom. The molecule has 0 radical (unpaired) electrons. The van der Waals surface area contributed by atoms with E-state index in [4.69, 9.17) is 0 Å². The first kappa shape index (κ1) is 10.2. The Balaban J connectivity index is 1.85. The summed E-state index contributed by atoms with van der Waals surface area (Å²) >= 11 is 3.52. The van der Waals surface area contributed by atoms with Gasteiger partial charge in [-0.2, -0.15) is 0 Å². The SMILES string of the molecule is Brc1cccc2nnc(CNC3CCC3)n12. The maximum atomic E-state index is 4.21. The lowest BCUT2D eigenvalue weighted by Gasteiger charge is -2.26. The quantitative estimate of drug-likeness (QED) is 0.876. The summed E-state index contributed by atoms with van der Waals surface area (Å²) in [7, 11) is 0. The first-order valence-electron chi connectivity index (χ1n) is 5.56. The van der Waals surface area contributed by atoms with Crippen LogP contribution in [0.15, 0.2) is 22.8 Å². The molecule has 0 amide bonds. The molecule has 1 fully saturated rings. The zero-order valence-electron chi connectivity index (χ0n) is 8.86. The largest absolute Gasteiger partial charge is 0.307 e. The van der Waals surface area contributed by atoms with Gasteiger partial charge in [-0.3, -0.25) is 4.40 Å². The minimum atomic E-state index is 0.676. The van der Waals surface area contributed by atoms with Crippen LogP contribution in [0.1, 0.15) is 25.1 Å². The van der Waals surface area contributed by atoms with Gasteiger partial charge in [-0.25, -0.2) is 0 Å². The Morgan fingerprint density at radius 3 is 3.00 bits per heavy atom. The summed E-state index contributed by atoms with van der Waals surface area (Å²) in [5.74, 6) is 0.967. The van der Waals surface area contributed by atoms with Gasteiger partial charge in [-0.1, -0.05) is 12.5 Å². The number of halogens is 1. The number of fused-ring (bicyclic) bond motifs is 1. The number of pyridine rings is 1. The molecule has 84 valence electrons. The third-order valence-corrected chi connectivity index (χ3v) is 3.72. The van der Waals surface area contributed by atoms with Crippen molar-refractivity contribution in [3.05, 3.63) is 28.6 Å². The highest BCUT2D eigenvalue weighted by molar-refractivity contribution is 9.10. The second-order valence-electron chi connectivity index (χ2n) is 4.17. The van der Waals surface area contributed by atoms with Gasteiger partial charge < -0.3 is 5.32 Å². The molecule has 0 unspecified atom stereocenters. The number of aromatic nitrogens is 3. The van der Waals surface area contributed by atoms with Crippen LogP contribution in [0.2, 0.25) is 0 Å². The average molecular weight is 281 g/mol. The Labute approximate surface area is 102 Å². The van der Waals surface area contributed by atoms with Crippen molar-refractivity contribution in [2.75, 3.05) is 0 Å². The highest BCUT2D eigenvalue weighted by Gasteiger charge is 2.17. The van der Waals surface area contributed by atoms with E-state index in [1.165, 1.54) is 19.3 Å². The molecule has 1 saturated carbocycles. The van der Waals surface area contributed by atoms with Gasteiger partial charge in [-0.05, 0) is 40.9 Å². The van der Waals surface area contributed by atoms with Crippen LogP contribution < -0.4 is 5.32 Å². The number of hydrogen-bond acceptors (Lipinski definition) is 3. The fourth-order valence-corrected chi connectivity index (χ4v) is 2.46. The topological polar surface area (TPSA) is 42.2 Å². The normalized spacial score (nSPS) is 16.6. The van der Waals surface area contributed by atoms with Gasteiger partial charge in [0, 0.05) is 6.04 Å². The summed E-state index contributed by atoms with van der Waals surface area (Å²) in [6.45, 7) is 0.786. The van der Waals surface area contributed by atoms with Crippen molar-refractivity contribution in [2.45, 2.75) is 31.8 Å². The van der Waals surface area contributed by atoms with E-state index in [1.54, 1.807) is 0 Å². The Hall–Kier alpha value is -0.940. The Kier molecular flexibility index (Phi) is 2.65. The molecule has 3 rings (SSSR count). The first-order valence-corrected chi connectivity index (χ1v) is 6.36. The molecule has 2 heterocycles. The van der Waals surface area contributed by atoms with Gasteiger partial charge >= 0.3 is 0 Å². The van der Waals surface area contributed by atoms with Crippen molar-refractivity contribution in [3.8, 4) is 0 Å². The van der Waals surface area contributed by atoms with Gasteiger partial charge in [0.05, 0.1) is 11.1 Å². The third-order valence-electron chi connectivity index (χ3n) is 3.10.